The smallest absolute Gasteiger partial charge is 0.244 e. The van der Waals surface area contributed by atoms with E-state index in [0.717, 1.165) is 17.0 Å². The summed E-state index contributed by atoms with van der Waals surface area (Å²) in [6, 6.07) is 11.7. The normalized spacial score (nSPS) is 19.0. The molecule has 26 heavy (non-hydrogen) atoms. The second-order valence-electron chi connectivity index (χ2n) is 6.62. The Morgan fingerprint density at radius 1 is 1.31 bits per heavy atom. The quantitative estimate of drug-likeness (QED) is 0.694. The summed E-state index contributed by atoms with van der Waals surface area (Å²) in [6.07, 6.45) is 7.54. The maximum Gasteiger partial charge on any atom is 0.244 e. The average molecular weight is 348 g/mol. The zero-order valence-corrected chi connectivity index (χ0v) is 14.5. The Hall–Kier alpha value is -3.15. The Balaban J connectivity index is 1.29. The first-order valence-electron chi connectivity index (χ1n) is 8.68. The largest absolute Gasteiger partial charge is 0.461 e. The van der Waals surface area contributed by atoms with Gasteiger partial charge in [0.1, 0.15) is 24.2 Å². The number of furan rings is 1. The van der Waals surface area contributed by atoms with Gasteiger partial charge in [-0.2, -0.15) is 5.10 Å². The lowest BCUT2D eigenvalue weighted by molar-refractivity contribution is -0.116. The van der Waals surface area contributed by atoms with Gasteiger partial charge in [0.2, 0.25) is 5.91 Å². The third-order valence-corrected chi connectivity index (χ3v) is 4.61. The van der Waals surface area contributed by atoms with Crippen LogP contribution in [-0.2, 0) is 11.3 Å². The molecule has 132 valence electrons. The Labute approximate surface area is 151 Å². The summed E-state index contributed by atoms with van der Waals surface area (Å²) in [5.41, 5.74) is 1.94. The molecular weight excluding hydrogens is 328 g/mol. The van der Waals surface area contributed by atoms with E-state index in [1.807, 2.05) is 36.4 Å². The van der Waals surface area contributed by atoms with E-state index < -0.39 is 0 Å². The molecule has 2 aromatic heterocycles. The van der Waals surface area contributed by atoms with Crippen molar-refractivity contribution < 1.29 is 9.21 Å². The standard InChI is InChI=1S/C20H20N4O2/c1-14-10-18(14)19-8-6-17(26-19)7-9-20(25)22-11-15-2-4-16(5-3-15)24-13-21-12-23-24/h2-9,12-14,18H,10-11H2,1H3,(H,22,25). The number of benzene rings is 1. The monoisotopic (exact) mass is 348 g/mol. The van der Waals surface area contributed by atoms with Gasteiger partial charge in [0, 0.05) is 18.5 Å². The molecule has 2 unspecified atom stereocenters. The van der Waals surface area contributed by atoms with Gasteiger partial charge >= 0.3 is 0 Å². The van der Waals surface area contributed by atoms with Gasteiger partial charge in [0.25, 0.3) is 0 Å². The summed E-state index contributed by atoms with van der Waals surface area (Å²) in [6.45, 7) is 2.68. The predicted molar refractivity (Wildman–Crippen MR) is 97.5 cm³/mol. The average Bonchev–Trinajstić information content (AvgIpc) is 3.10. The van der Waals surface area contributed by atoms with Crippen molar-refractivity contribution in [3.8, 4) is 5.69 Å². The van der Waals surface area contributed by atoms with Crippen LogP contribution in [0, 0.1) is 5.92 Å². The molecule has 1 saturated carbocycles. The van der Waals surface area contributed by atoms with E-state index in [0.29, 0.717) is 24.1 Å². The van der Waals surface area contributed by atoms with Crippen molar-refractivity contribution in [2.45, 2.75) is 25.8 Å². The lowest BCUT2D eigenvalue weighted by Gasteiger charge is -2.04. The minimum atomic E-state index is -0.150. The molecule has 2 heterocycles. The van der Waals surface area contributed by atoms with Crippen LogP contribution in [0.4, 0.5) is 0 Å². The second kappa shape index (κ2) is 7.00. The highest BCUT2D eigenvalue weighted by atomic mass is 16.3. The number of hydrogen-bond acceptors (Lipinski definition) is 4. The lowest BCUT2D eigenvalue weighted by Crippen LogP contribution is -2.20. The SMILES string of the molecule is CC1CC1c1ccc(C=CC(=O)NCc2ccc(-n3cncn3)cc2)o1. The first-order valence-corrected chi connectivity index (χ1v) is 8.68. The van der Waals surface area contributed by atoms with E-state index in [1.54, 1.807) is 17.1 Å². The lowest BCUT2D eigenvalue weighted by atomic mass is 10.2. The number of nitrogens with zero attached hydrogens (tertiary/aromatic N) is 3. The zero-order valence-electron chi connectivity index (χ0n) is 14.5. The zero-order chi connectivity index (χ0) is 17.9. The highest BCUT2D eigenvalue weighted by molar-refractivity contribution is 5.91. The van der Waals surface area contributed by atoms with Gasteiger partial charge in [-0.15, -0.1) is 0 Å². The number of aromatic nitrogens is 3. The molecule has 2 atom stereocenters. The van der Waals surface area contributed by atoms with Crippen LogP contribution < -0.4 is 5.32 Å². The summed E-state index contributed by atoms with van der Waals surface area (Å²) in [7, 11) is 0. The molecule has 0 aliphatic heterocycles. The molecule has 1 amide bonds. The molecule has 6 heteroatoms. The van der Waals surface area contributed by atoms with Gasteiger partial charge in [-0.05, 0) is 48.2 Å². The van der Waals surface area contributed by atoms with Crippen LogP contribution in [0.5, 0.6) is 0 Å². The number of amides is 1. The number of carbonyl (C=O) groups is 1. The van der Waals surface area contributed by atoms with Crippen molar-refractivity contribution in [2.75, 3.05) is 0 Å². The summed E-state index contributed by atoms with van der Waals surface area (Å²) >= 11 is 0. The Bertz CT molecular complexity index is 910. The van der Waals surface area contributed by atoms with Crippen molar-refractivity contribution in [3.05, 3.63) is 72.2 Å². The number of rotatable bonds is 6. The van der Waals surface area contributed by atoms with E-state index in [4.69, 9.17) is 4.42 Å². The van der Waals surface area contributed by atoms with E-state index in [-0.39, 0.29) is 5.91 Å². The van der Waals surface area contributed by atoms with E-state index in [9.17, 15) is 4.79 Å². The van der Waals surface area contributed by atoms with Crippen molar-refractivity contribution in [1.29, 1.82) is 0 Å². The molecule has 4 rings (SSSR count). The molecule has 1 N–H and O–H groups in total. The molecule has 1 fully saturated rings. The summed E-state index contributed by atoms with van der Waals surface area (Å²) in [5.74, 6) is 2.84. The fraction of sp³-hybridized carbons (Fsp3) is 0.250. The number of hydrogen-bond donors (Lipinski definition) is 1. The maximum absolute atomic E-state index is 12.0. The molecular formula is C20H20N4O2. The fourth-order valence-electron chi connectivity index (χ4n) is 2.89. The molecule has 0 saturated heterocycles. The topological polar surface area (TPSA) is 73.0 Å². The summed E-state index contributed by atoms with van der Waals surface area (Å²) in [5, 5.41) is 6.95. The van der Waals surface area contributed by atoms with Crippen LogP contribution in [0.2, 0.25) is 0 Å². The third-order valence-electron chi connectivity index (χ3n) is 4.61. The Kier molecular flexibility index (Phi) is 4.39. The first-order chi connectivity index (χ1) is 12.7. The van der Waals surface area contributed by atoms with Crippen molar-refractivity contribution in [1.82, 2.24) is 20.1 Å². The minimum absolute atomic E-state index is 0.150. The molecule has 3 aromatic rings. The van der Waals surface area contributed by atoms with Crippen molar-refractivity contribution >= 4 is 12.0 Å². The van der Waals surface area contributed by atoms with Crippen LogP contribution >= 0.6 is 0 Å². The number of carbonyl (C=O) groups excluding carboxylic acids is 1. The van der Waals surface area contributed by atoms with Crippen molar-refractivity contribution in [2.24, 2.45) is 5.92 Å². The van der Waals surface area contributed by atoms with Gasteiger partial charge in [-0.3, -0.25) is 4.79 Å². The molecule has 1 aliphatic rings. The van der Waals surface area contributed by atoms with Crippen molar-refractivity contribution in [3.63, 3.8) is 0 Å². The summed E-state index contributed by atoms with van der Waals surface area (Å²) in [4.78, 5) is 15.9. The molecule has 0 bridgehead atoms. The fourth-order valence-corrected chi connectivity index (χ4v) is 2.89. The molecule has 1 aromatic carbocycles. The summed E-state index contributed by atoms with van der Waals surface area (Å²) < 4.78 is 7.45. The highest BCUT2D eigenvalue weighted by Gasteiger charge is 2.36. The van der Waals surface area contributed by atoms with E-state index in [1.165, 1.54) is 18.8 Å². The Morgan fingerprint density at radius 3 is 2.81 bits per heavy atom. The van der Waals surface area contributed by atoms with Crippen LogP contribution in [0.15, 0.2) is 59.5 Å². The van der Waals surface area contributed by atoms with Gasteiger partial charge in [-0.1, -0.05) is 19.1 Å². The van der Waals surface area contributed by atoms with Gasteiger partial charge in [0.05, 0.1) is 5.69 Å². The van der Waals surface area contributed by atoms with Crippen LogP contribution in [0.25, 0.3) is 11.8 Å². The van der Waals surface area contributed by atoms with Gasteiger partial charge in [-0.25, -0.2) is 9.67 Å². The second-order valence-corrected chi connectivity index (χ2v) is 6.62. The maximum atomic E-state index is 12.0. The Morgan fingerprint density at radius 2 is 2.12 bits per heavy atom. The highest BCUT2D eigenvalue weighted by Crippen LogP contribution is 2.47. The molecule has 0 radical (unpaired) electrons. The number of nitrogens with one attached hydrogen (secondary N) is 1. The van der Waals surface area contributed by atoms with Gasteiger partial charge in [0.15, 0.2) is 0 Å². The predicted octanol–water partition coefficient (Wildman–Crippen LogP) is 3.31. The minimum Gasteiger partial charge on any atom is -0.461 e. The third kappa shape index (κ3) is 3.74. The molecule has 6 nitrogen and oxygen atoms in total. The van der Waals surface area contributed by atoms with Crippen LogP contribution in [0.1, 0.15) is 36.3 Å². The molecule has 0 spiro atoms. The van der Waals surface area contributed by atoms with Crippen LogP contribution in [-0.4, -0.2) is 20.7 Å². The van der Waals surface area contributed by atoms with Crippen LogP contribution in [0.3, 0.4) is 0 Å². The molecule has 1 aliphatic carbocycles. The van der Waals surface area contributed by atoms with E-state index >= 15 is 0 Å². The van der Waals surface area contributed by atoms with E-state index in [2.05, 4.69) is 22.3 Å². The van der Waals surface area contributed by atoms with Gasteiger partial charge < -0.3 is 9.73 Å². The first kappa shape index (κ1) is 16.3.